The van der Waals surface area contributed by atoms with Crippen LogP contribution in [0.2, 0.25) is 0 Å². The van der Waals surface area contributed by atoms with Gasteiger partial charge in [0.2, 0.25) is 0 Å². The number of aromatic amines is 1. The fourth-order valence-electron chi connectivity index (χ4n) is 3.62. The van der Waals surface area contributed by atoms with Crippen LogP contribution in [-0.2, 0) is 9.84 Å². The molecule has 158 valence electrons. The number of hydrogen-bond acceptors (Lipinski definition) is 5. The van der Waals surface area contributed by atoms with E-state index in [4.69, 9.17) is 9.84 Å². The Morgan fingerprint density at radius 2 is 2.13 bits per heavy atom. The van der Waals surface area contributed by atoms with Crippen LogP contribution in [-0.4, -0.2) is 47.9 Å². The highest BCUT2D eigenvalue weighted by Crippen LogP contribution is 2.33. The molecule has 0 saturated heterocycles. The van der Waals surface area contributed by atoms with E-state index >= 15 is 0 Å². The average molecular weight is 538 g/mol. The lowest BCUT2D eigenvalue weighted by Gasteiger charge is -2.11. The minimum atomic E-state index is -3.30. The summed E-state index contributed by atoms with van der Waals surface area (Å²) in [5, 5.41) is 11.1. The molecule has 0 bridgehead atoms. The largest absolute Gasteiger partial charge is 0.491 e. The summed E-state index contributed by atoms with van der Waals surface area (Å²) in [5.41, 5.74) is 3.42. The Hall–Kier alpha value is -1.91. The molecule has 1 atom stereocenters. The molecule has 6 nitrogen and oxygen atoms in total. The normalized spacial score (nSPS) is 16.0. The Balaban J connectivity index is 1.96. The Kier molecular flexibility index (Phi) is 6.17. The third kappa shape index (κ3) is 4.00. The molecular weight excluding hydrogens is 515 g/mol. The first-order valence-electron chi connectivity index (χ1n) is 9.86. The number of aliphatic hydroxyl groups excluding tert-OH is 1. The minimum absolute atomic E-state index is 0.0617. The Bertz CT molecular complexity index is 1310. The van der Waals surface area contributed by atoms with Crippen molar-refractivity contribution in [2.75, 3.05) is 25.5 Å². The zero-order valence-corrected chi connectivity index (χ0v) is 19.5. The number of H-pyrrole nitrogens is 1. The van der Waals surface area contributed by atoms with Crippen LogP contribution in [0.15, 0.2) is 46.3 Å². The number of sulfone groups is 1. The highest BCUT2D eigenvalue weighted by Gasteiger charge is 2.18. The lowest BCUT2D eigenvalue weighted by Crippen LogP contribution is -2.30. The molecule has 1 aliphatic heterocycles. The molecule has 0 spiro atoms. The van der Waals surface area contributed by atoms with Gasteiger partial charge < -0.3 is 14.8 Å². The van der Waals surface area contributed by atoms with Gasteiger partial charge in [0.25, 0.3) is 0 Å². The highest BCUT2D eigenvalue weighted by molar-refractivity contribution is 14.1. The topological polar surface area (TPSA) is 91.8 Å². The van der Waals surface area contributed by atoms with E-state index in [0.29, 0.717) is 30.2 Å². The molecule has 2 heterocycles. The van der Waals surface area contributed by atoms with E-state index in [9.17, 15) is 8.42 Å². The van der Waals surface area contributed by atoms with Crippen LogP contribution in [0.1, 0.15) is 13.3 Å². The lowest BCUT2D eigenvalue weighted by atomic mass is 9.99. The summed E-state index contributed by atoms with van der Waals surface area (Å²) in [6.45, 7) is 2.84. The summed E-state index contributed by atoms with van der Waals surface area (Å²) in [6.07, 6.45) is 2.74. The molecule has 0 fully saturated rings. The monoisotopic (exact) mass is 538 g/mol. The smallest absolute Gasteiger partial charge is 0.178 e. The van der Waals surface area contributed by atoms with Gasteiger partial charge in [-0.2, -0.15) is 0 Å². The van der Waals surface area contributed by atoms with Crippen LogP contribution in [0.5, 0.6) is 5.75 Å². The van der Waals surface area contributed by atoms with Crippen molar-refractivity contribution >= 4 is 49.4 Å². The number of hydrogen-bond donors (Lipinski definition) is 2. The number of nitrogens with zero attached hydrogens (tertiary/aromatic N) is 1. The SMILES string of the molecule is CCS(=O)(=O)c1cccc(-c2ccc(OCCCO)c3[nH]c4c(c23)=CC(I)CN=4)c1. The number of ether oxygens (including phenoxy) is 1. The van der Waals surface area contributed by atoms with Crippen LogP contribution >= 0.6 is 22.6 Å². The maximum atomic E-state index is 12.4. The van der Waals surface area contributed by atoms with E-state index in [1.165, 1.54) is 0 Å². The van der Waals surface area contributed by atoms with Gasteiger partial charge in [-0.3, -0.25) is 4.99 Å². The fourth-order valence-corrected chi connectivity index (χ4v) is 5.10. The van der Waals surface area contributed by atoms with Crippen LogP contribution < -0.4 is 15.4 Å². The molecule has 0 radical (unpaired) electrons. The van der Waals surface area contributed by atoms with E-state index in [2.05, 4.69) is 38.6 Å². The molecule has 4 rings (SSSR count). The van der Waals surface area contributed by atoms with Gasteiger partial charge in [-0.25, -0.2) is 8.42 Å². The lowest BCUT2D eigenvalue weighted by molar-refractivity contribution is 0.234. The van der Waals surface area contributed by atoms with Crippen LogP contribution in [0.3, 0.4) is 0 Å². The van der Waals surface area contributed by atoms with Crippen LogP contribution in [0.25, 0.3) is 28.1 Å². The van der Waals surface area contributed by atoms with Crippen molar-refractivity contribution < 1.29 is 18.3 Å². The van der Waals surface area contributed by atoms with Gasteiger partial charge in [-0.1, -0.05) is 47.7 Å². The van der Waals surface area contributed by atoms with E-state index in [-0.39, 0.29) is 16.3 Å². The molecule has 1 aliphatic rings. The molecule has 8 heteroatoms. The average Bonchev–Trinajstić information content (AvgIpc) is 3.13. The summed E-state index contributed by atoms with van der Waals surface area (Å²) in [4.78, 5) is 8.38. The first kappa shape index (κ1) is 21.3. The summed E-state index contributed by atoms with van der Waals surface area (Å²) in [7, 11) is -3.30. The van der Waals surface area contributed by atoms with E-state index in [0.717, 1.165) is 32.7 Å². The number of fused-ring (bicyclic) bond motifs is 3. The number of aromatic nitrogens is 1. The quantitative estimate of drug-likeness (QED) is 0.275. The maximum absolute atomic E-state index is 12.4. The minimum Gasteiger partial charge on any atom is -0.491 e. The predicted molar refractivity (Wildman–Crippen MR) is 127 cm³/mol. The van der Waals surface area contributed by atoms with E-state index in [1.54, 1.807) is 25.1 Å². The predicted octanol–water partition coefficient (Wildman–Crippen LogP) is 2.61. The fraction of sp³-hybridized carbons (Fsp3) is 0.318. The first-order chi connectivity index (χ1) is 14.4. The molecule has 2 N–H and O–H groups in total. The maximum Gasteiger partial charge on any atom is 0.178 e. The second-order valence-corrected chi connectivity index (χ2v) is 11.0. The van der Waals surface area contributed by atoms with Gasteiger partial charge in [0.1, 0.15) is 11.2 Å². The standard InChI is InChI=1S/C22H23IN2O4S/c1-2-30(27,28)16-6-3-5-14(11-16)17-7-8-19(29-10-4-9-26)21-20(17)18-12-15(23)13-24-22(18)25-21/h3,5-8,11-12,15,26H,2,4,9-10,13H2,1H3,(H,24,25). The molecule has 0 saturated carbocycles. The van der Waals surface area contributed by atoms with Gasteiger partial charge in [-0.05, 0) is 35.4 Å². The number of rotatable bonds is 7. The molecule has 3 aromatic rings. The highest BCUT2D eigenvalue weighted by atomic mass is 127. The van der Waals surface area contributed by atoms with E-state index in [1.807, 2.05) is 18.2 Å². The first-order valence-corrected chi connectivity index (χ1v) is 12.8. The van der Waals surface area contributed by atoms with Gasteiger partial charge >= 0.3 is 0 Å². The Labute approximate surface area is 188 Å². The Morgan fingerprint density at radius 3 is 2.90 bits per heavy atom. The van der Waals surface area contributed by atoms with Gasteiger partial charge in [-0.15, -0.1) is 0 Å². The van der Waals surface area contributed by atoms with Crippen molar-refractivity contribution in [2.45, 2.75) is 22.2 Å². The summed E-state index contributed by atoms with van der Waals surface area (Å²) < 4.78 is 31.0. The third-order valence-corrected chi connectivity index (χ3v) is 7.64. The molecular formula is C22H23IN2O4S. The second kappa shape index (κ2) is 8.68. The number of alkyl halides is 1. The molecule has 0 aliphatic carbocycles. The zero-order valence-electron chi connectivity index (χ0n) is 16.6. The number of benzene rings is 2. The van der Waals surface area contributed by atoms with Crippen molar-refractivity contribution in [3.63, 3.8) is 0 Å². The summed E-state index contributed by atoms with van der Waals surface area (Å²) >= 11 is 2.37. The van der Waals surface area contributed by atoms with Gasteiger partial charge in [0.05, 0.1) is 29.3 Å². The van der Waals surface area contributed by atoms with Crippen molar-refractivity contribution in [1.82, 2.24) is 4.98 Å². The van der Waals surface area contributed by atoms with Crippen molar-refractivity contribution in [1.29, 1.82) is 0 Å². The van der Waals surface area contributed by atoms with Crippen LogP contribution in [0, 0.1) is 0 Å². The molecule has 0 amide bonds. The van der Waals surface area contributed by atoms with Crippen LogP contribution in [0.4, 0.5) is 0 Å². The number of halogens is 1. The van der Waals surface area contributed by atoms with Gasteiger partial charge in [0, 0.05) is 27.6 Å². The molecule has 30 heavy (non-hydrogen) atoms. The second-order valence-electron chi connectivity index (χ2n) is 7.13. The van der Waals surface area contributed by atoms with Crippen molar-refractivity contribution in [2.24, 2.45) is 4.99 Å². The number of aliphatic hydroxyl groups is 1. The van der Waals surface area contributed by atoms with E-state index < -0.39 is 9.84 Å². The molecule has 1 aromatic heterocycles. The zero-order chi connectivity index (χ0) is 21.3. The summed E-state index contributed by atoms with van der Waals surface area (Å²) in [6, 6.07) is 10.9. The van der Waals surface area contributed by atoms with Gasteiger partial charge in [0.15, 0.2) is 9.84 Å². The molecule has 2 aromatic carbocycles. The number of nitrogens with one attached hydrogen (secondary N) is 1. The third-order valence-electron chi connectivity index (χ3n) is 5.15. The summed E-state index contributed by atoms with van der Waals surface area (Å²) in [5.74, 6) is 0.759. The molecule has 1 unspecified atom stereocenters. The Morgan fingerprint density at radius 1 is 1.30 bits per heavy atom. The van der Waals surface area contributed by atoms with Crippen molar-refractivity contribution in [3.8, 4) is 16.9 Å². The van der Waals surface area contributed by atoms with Crippen molar-refractivity contribution in [3.05, 3.63) is 47.1 Å².